The van der Waals surface area contributed by atoms with Crippen LogP contribution in [0, 0.1) is 0 Å². The molecule has 1 rings (SSSR count). The molecule has 0 amide bonds. The van der Waals surface area contributed by atoms with Crippen LogP contribution in [-0.4, -0.2) is 50.9 Å². The molecule has 0 spiro atoms. The van der Waals surface area contributed by atoms with Gasteiger partial charge in [-0.15, -0.1) is 5.10 Å². The van der Waals surface area contributed by atoms with Crippen LogP contribution in [0.3, 0.4) is 0 Å². The summed E-state index contributed by atoms with van der Waals surface area (Å²) in [6.45, 7) is 0.718. The highest BCUT2D eigenvalue weighted by atomic mass is 16.3. The minimum atomic E-state index is -0.157. The average molecular weight is 171 g/mol. The van der Waals surface area contributed by atoms with E-state index in [4.69, 9.17) is 5.11 Å². The van der Waals surface area contributed by atoms with Gasteiger partial charge in [0.25, 0.3) is 0 Å². The predicted octanol–water partition coefficient (Wildman–Crippen LogP) is -1.27. The zero-order valence-electron chi connectivity index (χ0n) is 7.30. The lowest BCUT2D eigenvalue weighted by Crippen LogP contribution is -2.17. The van der Waals surface area contributed by atoms with Crippen molar-refractivity contribution >= 4 is 0 Å². The quantitative estimate of drug-likeness (QED) is 0.611. The SMILES string of the molecule is CN(C)CCc1nnnn1CO. The summed E-state index contributed by atoms with van der Waals surface area (Å²) in [5.41, 5.74) is 0. The summed E-state index contributed by atoms with van der Waals surface area (Å²) in [6, 6.07) is 0. The Hall–Kier alpha value is -1.01. The second kappa shape index (κ2) is 4.13. The molecule has 6 nitrogen and oxygen atoms in total. The number of rotatable bonds is 4. The highest BCUT2D eigenvalue weighted by molar-refractivity contribution is 4.80. The molecule has 0 saturated carbocycles. The van der Waals surface area contributed by atoms with Crippen molar-refractivity contribution in [3.63, 3.8) is 0 Å². The largest absolute Gasteiger partial charge is 0.374 e. The number of aliphatic hydroxyl groups excluding tert-OH is 1. The normalized spacial score (nSPS) is 11.0. The summed E-state index contributed by atoms with van der Waals surface area (Å²) in [5.74, 6) is 0.714. The molecule has 68 valence electrons. The van der Waals surface area contributed by atoms with Crippen molar-refractivity contribution in [3.05, 3.63) is 5.82 Å². The Bertz CT molecular complexity index is 234. The fourth-order valence-electron chi connectivity index (χ4n) is 0.836. The van der Waals surface area contributed by atoms with Crippen LogP contribution in [0.25, 0.3) is 0 Å². The van der Waals surface area contributed by atoms with Gasteiger partial charge in [-0.2, -0.15) is 0 Å². The van der Waals surface area contributed by atoms with Gasteiger partial charge >= 0.3 is 0 Å². The number of hydrogen-bond donors (Lipinski definition) is 1. The lowest BCUT2D eigenvalue weighted by Gasteiger charge is -2.07. The van der Waals surface area contributed by atoms with Gasteiger partial charge in [-0.3, -0.25) is 0 Å². The number of tetrazole rings is 1. The van der Waals surface area contributed by atoms with Gasteiger partial charge in [-0.1, -0.05) is 0 Å². The third kappa shape index (κ3) is 2.24. The van der Waals surface area contributed by atoms with Gasteiger partial charge < -0.3 is 10.0 Å². The third-order valence-electron chi connectivity index (χ3n) is 1.52. The van der Waals surface area contributed by atoms with Gasteiger partial charge in [0.2, 0.25) is 0 Å². The van der Waals surface area contributed by atoms with Gasteiger partial charge in [-0.25, -0.2) is 4.68 Å². The topological polar surface area (TPSA) is 67.1 Å². The van der Waals surface area contributed by atoms with Crippen molar-refractivity contribution in [2.45, 2.75) is 13.2 Å². The van der Waals surface area contributed by atoms with Crippen LogP contribution in [0.4, 0.5) is 0 Å². The monoisotopic (exact) mass is 171 g/mol. The van der Waals surface area contributed by atoms with Crippen molar-refractivity contribution in [2.75, 3.05) is 20.6 Å². The fourth-order valence-corrected chi connectivity index (χ4v) is 0.836. The second-order valence-corrected chi connectivity index (χ2v) is 2.79. The Morgan fingerprint density at radius 1 is 1.50 bits per heavy atom. The minimum Gasteiger partial charge on any atom is -0.374 e. The molecule has 1 aromatic rings. The highest BCUT2D eigenvalue weighted by Crippen LogP contribution is 1.92. The fraction of sp³-hybridized carbons (Fsp3) is 0.833. The Morgan fingerprint density at radius 3 is 2.83 bits per heavy atom. The Morgan fingerprint density at radius 2 is 2.25 bits per heavy atom. The van der Waals surface area contributed by atoms with Gasteiger partial charge in [-0.05, 0) is 24.5 Å². The maximum atomic E-state index is 8.78. The lowest BCUT2D eigenvalue weighted by atomic mass is 10.4. The zero-order chi connectivity index (χ0) is 8.97. The van der Waals surface area contributed by atoms with E-state index >= 15 is 0 Å². The van der Waals surface area contributed by atoms with E-state index in [1.165, 1.54) is 4.68 Å². The molecule has 1 N–H and O–H groups in total. The number of hydrogen-bond acceptors (Lipinski definition) is 5. The molecule has 0 aliphatic carbocycles. The Labute approximate surface area is 70.8 Å². The molecule has 12 heavy (non-hydrogen) atoms. The van der Waals surface area contributed by atoms with Crippen LogP contribution in [-0.2, 0) is 13.2 Å². The molecule has 1 heterocycles. The lowest BCUT2D eigenvalue weighted by molar-refractivity contribution is 0.187. The van der Waals surface area contributed by atoms with Crippen LogP contribution in [0.2, 0.25) is 0 Å². The molecular formula is C6H13N5O. The zero-order valence-corrected chi connectivity index (χ0v) is 7.30. The van der Waals surface area contributed by atoms with E-state index in [1.54, 1.807) is 0 Å². The predicted molar refractivity (Wildman–Crippen MR) is 42.3 cm³/mol. The first-order valence-corrected chi connectivity index (χ1v) is 3.74. The molecular weight excluding hydrogens is 158 g/mol. The van der Waals surface area contributed by atoms with E-state index < -0.39 is 0 Å². The first kappa shape index (κ1) is 9.08. The molecule has 0 bridgehead atoms. The van der Waals surface area contributed by atoms with Gasteiger partial charge in [0.15, 0.2) is 5.82 Å². The molecule has 0 atom stereocenters. The van der Waals surface area contributed by atoms with Crippen LogP contribution >= 0.6 is 0 Å². The highest BCUT2D eigenvalue weighted by Gasteiger charge is 2.03. The molecule has 6 heteroatoms. The summed E-state index contributed by atoms with van der Waals surface area (Å²) in [4.78, 5) is 2.04. The molecule has 0 radical (unpaired) electrons. The number of aliphatic hydroxyl groups is 1. The van der Waals surface area contributed by atoms with E-state index in [2.05, 4.69) is 15.5 Å². The number of aromatic nitrogens is 4. The molecule has 0 aliphatic rings. The average Bonchev–Trinajstić information content (AvgIpc) is 2.47. The first-order chi connectivity index (χ1) is 5.74. The van der Waals surface area contributed by atoms with E-state index in [1.807, 2.05) is 19.0 Å². The van der Waals surface area contributed by atoms with Crippen molar-refractivity contribution < 1.29 is 5.11 Å². The molecule has 0 aromatic carbocycles. The number of nitrogens with zero attached hydrogens (tertiary/aromatic N) is 5. The van der Waals surface area contributed by atoms with Crippen molar-refractivity contribution in [3.8, 4) is 0 Å². The first-order valence-electron chi connectivity index (χ1n) is 3.74. The van der Waals surface area contributed by atoms with Gasteiger partial charge in [0.1, 0.15) is 6.73 Å². The Balaban J connectivity index is 2.50. The smallest absolute Gasteiger partial charge is 0.155 e. The summed E-state index contributed by atoms with van der Waals surface area (Å²) in [7, 11) is 3.96. The molecule has 0 saturated heterocycles. The van der Waals surface area contributed by atoms with E-state index in [0.29, 0.717) is 5.82 Å². The summed E-state index contributed by atoms with van der Waals surface area (Å²) < 4.78 is 1.38. The maximum absolute atomic E-state index is 8.78. The second-order valence-electron chi connectivity index (χ2n) is 2.79. The van der Waals surface area contributed by atoms with Crippen LogP contribution in [0.5, 0.6) is 0 Å². The molecule has 1 aromatic heterocycles. The summed E-state index contributed by atoms with van der Waals surface area (Å²) in [6.07, 6.45) is 0.751. The molecule has 0 unspecified atom stereocenters. The number of likely N-dealkylation sites (N-methyl/N-ethyl adjacent to an activating group) is 1. The Kier molecular flexibility index (Phi) is 3.12. The van der Waals surface area contributed by atoms with E-state index in [9.17, 15) is 0 Å². The van der Waals surface area contributed by atoms with Crippen LogP contribution in [0.15, 0.2) is 0 Å². The molecule has 0 aliphatic heterocycles. The van der Waals surface area contributed by atoms with Crippen molar-refractivity contribution in [1.82, 2.24) is 25.1 Å². The molecule has 0 fully saturated rings. The maximum Gasteiger partial charge on any atom is 0.155 e. The standard InChI is InChI=1S/C6H13N5O/c1-10(2)4-3-6-7-8-9-11(6)5-12/h12H,3-5H2,1-2H3. The van der Waals surface area contributed by atoms with E-state index in [0.717, 1.165) is 13.0 Å². The van der Waals surface area contributed by atoms with Crippen molar-refractivity contribution in [2.24, 2.45) is 0 Å². The van der Waals surface area contributed by atoms with Crippen LogP contribution < -0.4 is 0 Å². The van der Waals surface area contributed by atoms with E-state index in [-0.39, 0.29) is 6.73 Å². The van der Waals surface area contributed by atoms with Gasteiger partial charge in [0, 0.05) is 13.0 Å². The summed E-state index contributed by atoms with van der Waals surface area (Å²) in [5, 5.41) is 19.6. The van der Waals surface area contributed by atoms with Crippen molar-refractivity contribution in [1.29, 1.82) is 0 Å². The van der Waals surface area contributed by atoms with Gasteiger partial charge in [0.05, 0.1) is 0 Å². The minimum absolute atomic E-state index is 0.157. The van der Waals surface area contributed by atoms with Crippen LogP contribution in [0.1, 0.15) is 5.82 Å². The summed E-state index contributed by atoms with van der Waals surface area (Å²) >= 11 is 0. The third-order valence-corrected chi connectivity index (χ3v) is 1.52.